The van der Waals surface area contributed by atoms with Crippen LogP contribution in [0.15, 0.2) is 0 Å². The molecule has 0 radical (unpaired) electrons. The molecule has 0 saturated heterocycles. The van der Waals surface area contributed by atoms with Crippen molar-refractivity contribution in [2.75, 3.05) is 14.1 Å². The molecular weight excluding hydrogens is 434 g/mol. The smallest absolute Gasteiger partial charge is 0.0944 e. The summed E-state index contributed by atoms with van der Waals surface area (Å²) in [6.45, 7) is 7.17. The van der Waals surface area contributed by atoms with Gasteiger partial charge in [0, 0.05) is 12.8 Å². The summed E-state index contributed by atoms with van der Waals surface area (Å²) in [5, 5.41) is 0. The first-order chi connectivity index (χ1) is 16.1. The Morgan fingerprint density at radius 2 is 0.588 bits per heavy atom. The molecule has 0 fully saturated rings. The summed E-state index contributed by atoms with van der Waals surface area (Å²) in [4.78, 5) is 1.67. The Kier molecular flexibility index (Phi) is 29.8. The third kappa shape index (κ3) is 24.0. The Morgan fingerprint density at radius 3 is 0.794 bits per heavy atom. The van der Waals surface area contributed by atoms with Gasteiger partial charge in [-0.3, -0.25) is 0 Å². The number of nitrogens with one attached hydrogen (secondary N) is 1. The van der Waals surface area contributed by atoms with Crippen LogP contribution in [-0.2, 0) is 0 Å². The highest BCUT2D eigenvalue weighted by Crippen LogP contribution is 2.21. The second-order valence-corrected chi connectivity index (χ2v) is 11.8. The van der Waals surface area contributed by atoms with Crippen molar-refractivity contribution in [2.24, 2.45) is 0 Å². The summed E-state index contributed by atoms with van der Waals surface area (Å²) < 4.78 is 0. The zero-order chi connectivity index (χ0) is 24.5. The van der Waals surface area contributed by atoms with Gasteiger partial charge in [-0.15, -0.1) is 0 Å². The maximum atomic E-state index is 2.55. The number of halogens is 1. The Hall–Kier alpha value is 0.250. The Bertz CT molecular complexity index is 340. The first-order valence-electron chi connectivity index (χ1n) is 15.9. The number of hydrogen-bond donors (Lipinski definition) is 1. The summed E-state index contributed by atoms with van der Waals surface area (Å²) in [6, 6.07) is 0. The van der Waals surface area contributed by atoms with Crippen LogP contribution in [0.1, 0.15) is 188 Å². The Labute approximate surface area is 224 Å². The molecule has 0 aliphatic heterocycles. The molecule has 0 unspecified atom stereocenters. The first-order valence-corrected chi connectivity index (χ1v) is 15.9. The molecule has 0 aliphatic carbocycles. The first kappa shape index (κ1) is 36.4. The second-order valence-electron chi connectivity index (χ2n) is 11.8. The van der Waals surface area contributed by atoms with E-state index in [1.54, 1.807) is 4.90 Å². The largest absolute Gasteiger partial charge is 1.00 e. The van der Waals surface area contributed by atoms with E-state index in [1.807, 2.05) is 0 Å². The van der Waals surface area contributed by atoms with Crippen molar-refractivity contribution in [3.8, 4) is 0 Å². The highest BCUT2D eigenvalue weighted by Gasteiger charge is 2.29. The quantitative estimate of drug-likeness (QED) is 0.115. The van der Waals surface area contributed by atoms with Crippen molar-refractivity contribution in [1.82, 2.24) is 0 Å². The standard InChI is InChI=1S/C32H67N.ClH/c1-6-8-10-12-14-16-18-20-22-24-26-28-30-32(3,33(4)5)31-29-27-25-23-21-19-17-15-13-11-9-7-2;/h6-31H2,1-5H3;1H. The molecule has 0 rings (SSSR count). The summed E-state index contributed by atoms with van der Waals surface area (Å²) in [7, 11) is 4.78. The van der Waals surface area contributed by atoms with E-state index in [9.17, 15) is 0 Å². The lowest BCUT2D eigenvalue weighted by Gasteiger charge is -2.33. The van der Waals surface area contributed by atoms with Crippen molar-refractivity contribution in [3.63, 3.8) is 0 Å². The molecule has 0 heterocycles. The van der Waals surface area contributed by atoms with Gasteiger partial charge in [0.1, 0.15) is 0 Å². The van der Waals surface area contributed by atoms with Gasteiger partial charge in [0.2, 0.25) is 0 Å². The van der Waals surface area contributed by atoms with Gasteiger partial charge in [-0.25, -0.2) is 0 Å². The molecule has 0 aromatic heterocycles. The molecule has 208 valence electrons. The number of rotatable bonds is 27. The van der Waals surface area contributed by atoms with Crippen LogP contribution in [0.3, 0.4) is 0 Å². The van der Waals surface area contributed by atoms with E-state index >= 15 is 0 Å². The zero-order valence-corrected chi connectivity index (χ0v) is 25.5. The van der Waals surface area contributed by atoms with Crippen LogP contribution < -0.4 is 17.3 Å². The molecular formula is C32H68ClN. The van der Waals surface area contributed by atoms with E-state index in [1.165, 1.54) is 167 Å². The van der Waals surface area contributed by atoms with Crippen LogP contribution in [-0.4, -0.2) is 19.6 Å². The van der Waals surface area contributed by atoms with Gasteiger partial charge in [0.05, 0.1) is 19.6 Å². The van der Waals surface area contributed by atoms with Crippen LogP contribution in [0.25, 0.3) is 0 Å². The fraction of sp³-hybridized carbons (Fsp3) is 1.00. The molecule has 0 aromatic rings. The summed E-state index contributed by atoms with van der Waals surface area (Å²) >= 11 is 0. The van der Waals surface area contributed by atoms with Gasteiger partial charge < -0.3 is 17.3 Å². The molecule has 0 amide bonds. The Balaban J connectivity index is 0. The van der Waals surface area contributed by atoms with Crippen LogP contribution in [0.5, 0.6) is 0 Å². The molecule has 0 aromatic carbocycles. The third-order valence-electron chi connectivity index (χ3n) is 8.37. The monoisotopic (exact) mass is 502 g/mol. The van der Waals surface area contributed by atoms with Gasteiger partial charge in [-0.1, -0.05) is 155 Å². The normalized spacial score (nSPS) is 11.8. The summed E-state index contributed by atoms with van der Waals surface area (Å²) in [5.41, 5.74) is 0.497. The van der Waals surface area contributed by atoms with E-state index in [2.05, 4.69) is 34.9 Å². The fourth-order valence-corrected chi connectivity index (χ4v) is 5.34. The number of unbranched alkanes of at least 4 members (excludes halogenated alkanes) is 22. The molecule has 0 spiro atoms. The van der Waals surface area contributed by atoms with Crippen LogP contribution in [0, 0.1) is 0 Å². The fourth-order valence-electron chi connectivity index (χ4n) is 5.34. The average molecular weight is 502 g/mol. The van der Waals surface area contributed by atoms with Gasteiger partial charge in [-0.2, -0.15) is 0 Å². The van der Waals surface area contributed by atoms with Gasteiger partial charge in [0.25, 0.3) is 0 Å². The maximum Gasteiger partial charge on any atom is 0.0944 e. The molecule has 0 bridgehead atoms. The third-order valence-corrected chi connectivity index (χ3v) is 8.37. The van der Waals surface area contributed by atoms with Crippen molar-refractivity contribution in [3.05, 3.63) is 0 Å². The Morgan fingerprint density at radius 1 is 0.382 bits per heavy atom. The van der Waals surface area contributed by atoms with E-state index < -0.39 is 0 Å². The zero-order valence-electron chi connectivity index (χ0n) is 24.8. The molecule has 1 N–H and O–H groups in total. The lowest BCUT2D eigenvalue weighted by molar-refractivity contribution is -0.914. The van der Waals surface area contributed by atoms with Crippen molar-refractivity contribution in [1.29, 1.82) is 0 Å². The predicted octanol–water partition coefficient (Wildman–Crippen LogP) is 7.08. The lowest BCUT2D eigenvalue weighted by atomic mass is 9.87. The highest BCUT2D eigenvalue weighted by molar-refractivity contribution is 4.73. The minimum absolute atomic E-state index is 0. The molecule has 1 nitrogen and oxygen atoms in total. The van der Waals surface area contributed by atoms with Crippen molar-refractivity contribution < 1.29 is 17.3 Å². The van der Waals surface area contributed by atoms with Crippen LogP contribution in [0.2, 0.25) is 0 Å². The molecule has 0 atom stereocenters. The van der Waals surface area contributed by atoms with E-state index in [0.29, 0.717) is 5.54 Å². The van der Waals surface area contributed by atoms with Crippen molar-refractivity contribution >= 4 is 0 Å². The lowest BCUT2D eigenvalue weighted by Crippen LogP contribution is -3.14. The average Bonchev–Trinajstić information content (AvgIpc) is 2.80. The van der Waals surface area contributed by atoms with Gasteiger partial charge >= 0.3 is 0 Å². The highest BCUT2D eigenvalue weighted by atomic mass is 35.5. The minimum atomic E-state index is 0. The molecule has 2 heteroatoms. The van der Waals surface area contributed by atoms with Gasteiger partial charge in [0.15, 0.2) is 0 Å². The summed E-state index contributed by atoms with van der Waals surface area (Å²) in [5.74, 6) is 0. The van der Waals surface area contributed by atoms with Crippen LogP contribution in [0.4, 0.5) is 0 Å². The molecule has 0 saturated carbocycles. The van der Waals surface area contributed by atoms with E-state index in [4.69, 9.17) is 0 Å². The minimum Gasteiger partial charge on any atom is -1.00 e. The molecule has 0 aliphatic rings. The van der Waals surface area contributed by atoms with E-state index in [-0.39, 0.29) is 12.4 Å². The van der Waals surface area contributed by atoms with E-state index in [0.717, 1.165) is 0 Å². The SMILES string of the molecule is CCCCCCCCCCCCCCC(C)(CCCCCCCCCCCCCC)[NH+](C)C.[Cl-]. The van der Waals surface area contributed by atoms with Gasteiger partial charge in [-0.05, 0) is 19.8 Å². The van der Waals surface area contributed by atoms with Crippen molar-refractivity contribution in [2.45, 2.75) is 193 Å². The molecule has 34 heavy (non-hydrogen) atoms. The second kappa shape index (κ2) is 27.8. The number of quaternary nitrogens is 1. The topological polar surface area (TPSA) is 4.44 Å². The number of hydrogen-bond acceptors (Lipinski definition) is 0. The maximum absolute atomic E-state index is 2.55. The van der Waals surface area contributed by atoms with Crippen LogP contribution >= 0.6 is 0 Å². The summed E-state index contributed by atoms with van der Waals surface area (Å²) in [6.07, 6.45) is 37.8. The predicted molar refractivity (Wildman–Crippen MR) is 153 cm³/mol.